The summed E-state index contributed by atoms with van der Waals surface area (Å²) in [4.78, 5) is 0. The molecule has 1 rings (SSSR count). The van der Waals surface area contributed by atoms with Crippen LogP contribution in [-0.4, -0.2) is 59.8 Å². The Hall–Kier alpha value is 0.0569. The number of nitrogens with zero attached hydrogens (tertiary/aromatic N) is 1. The molecule has 5 heteroatoms. The lowest BCUT2D eigenvalue weighted by molar-refractivity contribution is -0.974. The van der Waals surface area contributed by atoms with E-state index in [2.05, 4.69) is 20.8 Å². The molecular formula is C16H36NO3Si+. The maximum Gasteiger partial charge on any atom is 0.500 e. The van der Waals surface area contributed by atoms with Gasteiger partial charge in [0.25, 0.3) is 0 Å². The first-order valence-electron chi connectivity index (χ1n) is 8.36. The minimum Gasteiger partial charge on any atom is -0.377 e. The van der Waals surface area contributed by atoms with Crippen LogP contribution in [0.15, 0.2) is 0 Å². The van der Waals surface area contributed by atoms with Crippen molar-refractivity contribution in [3.05, 3.63) is 0 Å². The molecule has 0 aliphatic carbocycles. The maximum atomic E-state index is 5.51. The molecule has 126 valence electrons. The van der Waals surface area contributed by atoms with Crippen LogP contribution < -0.4 is 0 Å². The van der Waals surface area contributed by atoms with Crippen molar-refractivity contribution in [1.82, 2.24) is 0 Å². The van der Waals surface area contributed by atoms with Crippen LogP contribution in [0.4, 0.5) is 0 Å². The molecule has 0 radical (unpaired) electrons. The highest BCUT2D eigenvalue weighted by Gasteiger charge is 2.41. The van der Waals surface area contributed by atoms with Gasteiger partial charge in [-0.15, -0.1) is 0 Å². The molecule has 1 fully saturated rings. The summed E-state index contributed by atoms with van der Waals surface area (Å²) in [6.07, 6.45) is 6.51. The first-order valence-corrected chi connectivity index (χ1v) is 10.3. The Balaban J connectivity index is 2.51. The Morgan fingerprint density at radius 2 is 1.38 bits per heavy atom. The van der Waals surface area contributed by atoms with Crippen LogP contribution in [0.2, 0.25) is 6.04 Å². The first kappa shape index (κ1) is 19.1. The Labute approximate surface area is 132 Å². The minimum absolute atomic E-state index is 0.346. The van der Waals surface area contributed by atoms with E-state index in [1.54, 1.807) is 21.3 Å². The third-order valence-corrected chi connectivity index (χ3v) is 8.18. The molecule has 1 saturated heterocycles. The molecular weight excluding hydrogens is 282 g/mol. The van der Waals surface area contributed by atoms with Crippen molar-refractivity contribution in [1.29, 1.82) is 0 Å². The topological polar surface area (TPSA) is 27.7 Å². The fourth-order valence-electron chi connectivity index (χ4n) is 3.66. The molecule has 0 bridgehead atoms. The standard InChI is InChI=1S/C16H36NO3Si/c1-16(2,3)17(12-8-7-9-13-17)14-10-11-15-21(18-4,19-5)20-6/h7-15H2,1-6H3/q+1. The zero-order chi connectivity index (χ0) is 16.0. The Morgan fingerprint density at radius 1 is 0.857 bits per heavy atom. The third kappa shape index (κ3) is 4.76. The SMILES string of the molecule is CO[Si](CCCC[N+]1(C(C)(C)C)CCCCC1)(OC)OC. The van der Waals surface area contributed by atoms with Gasteiger partial charge in [0.2, 0.25) is 0 Å². The van der Waals surface area contributed by atoms with Crippen molar-refractivity contribution in [2.45, 2.75) is 64.5 Å². The van der Waals surface area contributed by atoms with Gasteiger partial charge in [-0.2, -0.15) is 0 Å². The van der Waals surface area contributed by atoms with Crippen LogP contribution in [0.1, 0.15) is 52.9 Å². The average molecular weight is 319 g/mol. The first-order chi connectivity index (χ1) is 9.85. The molecule has 0 aromatic carbocycles. The maximum absolute atomic E-state index is 5.51. The number of hydrogen-bond acceptors (Lipinski definition) is 3. The molecule has 4 nitrogen and oxygen atoms in total. The second-order valence-electron chi connectivity index (χ2n) is 7.30. The highest BCUT2D eigenvalue weighted by molar-refractivity contribution is 6.60. The summed E-state index contributed by atoms with van der Waals surface area (Å²) in [6.45, 7) is 11.1. The van der Waals surface area contributed by atoms with E-state index < -0.39 is 8.80 Å². The van der Waals surface area contributed by atoms with E-state index >= 15 is 0 Å². The summed E-state index contributed by atoms with van der Waals surface area (Å²) >= 11 is 0. The Bertz CT molecular complexity index is 286. The largest absolute Gasteiger partial charge is 0.500 e. The second kappa shape index (κ2) is 8.06. The number of rotatable bonds is 8. The van der Waals surface area contributed by atoms with Crippen molar-refractivity contribution < 1.29 is 17.8 Å². The van der Waals surface area contributed by atoms with Crippen molar-refractivity contribution in [3.63, 3.8) is 0 Å². The van der Waals surface area contributed by atoms with Crippen molar-refractivity contribution in [3.8, 4) is 0 Å². The van der Waals surface area contributed by atoms with Gasteiger partial charge in [0.1, 0.15) is 0 Å². The van der Waals surface area contributed by atoms with Gasteiger partial charge in [0.05, 0.1) is 25.2 Å². The zero-order valence-corrected chi connectivity index (χ0v) is 16.0. The number of likely N-dealkylation sites (tertiary alicyclic amines) is 1. The summed E-state index contributed by atoms with van der Waals surface area (Å²) in [5.41, 5.74) is 0.346. The van der Waals surface area contributed by atoms with Gasteiger partial charge < -0.3 is 17.8 Å². The third-order valence-electron chi connectivity index (χ3n) is 5.35. The van der Waals surface area contributed by atoms with Crippen LogP contribution in [0, 0.1) is 0 Å². The molecule has 1 aliphatic rings. The van der Waals surface area contributed by atoms with Crippen molar-refractivity contribution in [2.75, 3.05) is 41.0 Å². The molecule has 1 heterocycles. The van der Waals surface area contributed by atoms with E-state index in [0.29, 0.717) is 5.54 Å². The highest BCUT2D eigenvalue weighted by atomic mass is 28.4. The lowest BCUT2D eigenvalue weighted by Crippen LogP contribution is -2.62. The summed E-state index contributed by atoms with van der Waals surface area (Å²) in [5.74, 6) is 0. The van der Waals surface area contributed by atoms with Crippen LogP contribution in [0.25, 0.3) is 0 Å². The van der Waals surface area contributed by atoms with Crippen LogP contribution >= 0.6 is 0 Å². The average Bonchev–Trinajstić information content (AvgIpc) is 2.48. The molecule has 0 amide bonds. The fraction of sp³-hybridized carbons (Fsp3) is 1.00. The molecule has 0 aromatic heterocycles. The summed E-state index contributed by atoms with van der Waals surface area (Å²) in [6, 6.07) is 0.917. The lowest BCUT2D eigenvalue weighted by Gasteiger charge is -2.51. The number of hydrogen-bond donors (Lipinski definition) is 0. The van der Waals surface area contributed by atoms with E-state index in [1.165, 1.54) is 49.8 Å². The van der Waals surface area contributed by atoms with Gasteiger partial charge in [-0.1, -0.05) is 0 Å². The zero-order valence-electron chi connectivity index (χ0n) is 15.0. The Kier molecular flexibility index (Phi) is 7.33. The van der Waals surface area contributed by atoms with Gasteiger partial charge >= 0.3 is 8.80 Å². The number of piperidine rings is 1. The molecule has 0 saturated carbocycles. The van der Waals surface area contributed by atoms with E-state index in [-0.39, 0.29) is 0 Å². The summed E-state index contributed by atoms with van der Waals surface area (Å²) in [5, 5.41) is 0. The molecule has 0 N–H and O–H groups in total. The van der Waals surface area contributed by atoms with E-state index in [9.17, 15) is 0 Å². The molecule has 1 aliphatic heterocycles. The second-order valence-corrected chi connectivity index (χ2v) is 10.4. The van der Waals surface area contributed by atoms with Crippen LogP contribution in [0.5, 0.6) is 0 Å². The van der Waals surface area contributed by atoms with E-state index in [0.717, 1.165) is 12.5 Å². The molecule has 0 spiro atoms. The molecule has 0 atom stereocenters. The molecule has 0 aromatic rings. The van der Waals surface area contributed by atoms with E-state index in [1.807, 2.05) is 0 Å². The van der Waals surface area contributed by atoms with Crippen LogP contribution in [0.3, 0.4) is 0 Å². The number of unbranched alkanes of at least 4 members (excludes halogenated alkanes) is 1. The monoisotopic (exact) mass is 318 g/mol. The molecule has 21 heavy (non-hydrogen) atoms. The quantitative estimate of drug-likeness (QED) is 0.390. The predicted octanol–water partition coefficient (Wildman–Crippen LogP) is 3.44. The summed E-state index contributed by atoms with van der Waals surface area (Å²) < 4.78 is 17.8. The summed E-state index contributed by atoms with van der Waals surface area (Å²) in [7, 11) is 2.72. The smallest absolute Gasteiger partial charge is 0.377 e. The predicted molar refractivity (Wildman–Crippen MR) is 89.3 cm³/mol. The number of quaternary nitrogens is 1. The molecule has 0 unspecified atom stereocenters. The Morgan fingerprint density at radius 3 is 1.81 bits per heavy atom. The van der Waals surface area contributed by atoms with Gasteiger partial charge in [0.15, 0.2) is 0 Å². The van der Waals surface area contributed by atoms with Gasteiger partial charge in [-0.3, -0.25) is 0 Å². The van der Waals surface area contributed by atoms with Gasteiger partial charge in [-0.05, 0) is 52.9 Å². The van der Waals surface area contributed by atoms with Gasteiger partial charge in [0, 0.05) is 27.4 Å². The van der Waals surface area contributed by atoms with Gasteiger partial charge in [-0.25, -0.2) is 0 Å². The lowest BCUT2D eigenvalue weighted by atomic mass is 9.94. The van der Waals surface area contributed by atoms with Crippen LogP contribution in [-0.2, 0) is 13.3 Å². The highest BCUT2D eigenvalue weighted by Crippen LogP contribution is 2.31. The normalized spacial score (nSPS) is 19.7. The van der Waals surface area contributed by atoms with E-state index in [4.69, 9.17) is 13.3 Å². The van der Waals surface area contributed by atoms with Crippen molar-refractivity contribution >= 4 is 8.80 Å². The minimum atomic E-state index is -2.38. The fourth-order valence-corrected chi connectivity index (χ4v) is 5.45. The van der Waals surface area contributed by atoms with Crippen molar-refractivity contribution in [2.24, 2.45) is 0 Å².